The van der Waals surface area contributed by atoms with Crippen molar-refractivity contribution in [3.8, 4) is 0 Å². The first-order valence-corrected chi connectivity index (χ1v) is 10.5. The quantitative estimate of drug-likeness (QED) is 0.460. The number of aromatic nitrogens is 2. The zero-order valence-corrected chi connectivity index (χ0v) is 18.1. The Morgan fingerprint density at radius 2 is 1.85 bits per heavy atom. The number of nitrogens with zero attached hydrogens (tertiary/aromatic N) is 3. The van der Waals surface area contributed by atoms with Crippen molar-refractivity contribution in [2.45, 2.75) is 31.9 Å². The second kappa shape index (κ2) is 9.36. The van der Waals surface area contributed by atoms with Crippen LogP contribution in [0, 0.1) is 6.92 Å². The molecule has 0 aliphatic carbocycles. The van der Waals surface area contributed by atoms with Crippen LogP contribution in [0.5, 0.6) is 0 Å². The molecule has 0 saturated carbocycles. The third-order valence-corrected chi connectivity index (χ3v) is 5.86. The molecule has 10 heteroatoms. The van der Waals surface area contributed by atoms with E-state index < -0.39 is 24.1 Å². The van der Waals surface area contributed by atoms with Gasteiger partial charge in [0.2, 0.25) is 0 Å². The lowest BCUT2D eigenvalue weighted by Crippen LogP contribution is -2.20. The van der Waals surface area contributed by atoms with E-state index in [1.807, 2.05) is 11.8 Å². The largest absolute Gasteiger partial charge is 0.417 e. The Bertz CT molecular complexity index is 1200. The first-order chi connectivity index (χ1) is 16.1. The summed E-state index contributed by atoms with van der Waals surface area (Å²) in [6.07, 6.45) is -1.87. The fourth-order valence-corrected chi connectivity index (χ4v) is 4.07. The Morgan fingerprint density at radius 3 is 2.59 bits per heavy atom. The summed E-state index contributed by atoms with van der Waals surface area (Å²) in [5, 5.41) is 2.47. The van der Waals surface area contributed by atoms with Gasteiger partial charge >= 0.3 is 6.18 Å². The van der Waals surface area contributed by atoms with Gasteiger partial charge in [0.25, 0.3) is 12.3 Å². The molecule has 2 aromatic heterocycles. The van der Waals surface area contributed by atoms with Gasteiger partial charge in [-0.15, -0.1) is 0 Å². The van der Waals surface area contributed by atoms with Gasteiger partial charge < -0.3 is 10.2 Å². The Balaban J connectivity index is 1.50. The number of pyridine rings is 2. The second-order valence-corrected chi connectivity index (χ2v) is 8.19. The molecule has 4 rings (SSSR count). The predicted octanol–water partition coefficient (Wildman–Crippen LogP) is 5.99. The molecule has 1 N–H and O–H groups in total. The summed E-state index contributed by atoms with van der Waals surface area (Å²) in [5.74, 6) is -0.496. The number of benzene rings is 1. The van der Waals surface area contributed by atoms with Crippen molar-refractivity contribution in [1.82, 2.24) is 9.97 Å². The lowest BCUT2D eigenvalue weighted by atomic mass is 9.92. The lowest BCUT2D eigenvalue weighted by Gasteiger charge is -2.20. The second-order valence-electron chi connectivity index (χ2n) is 8.19. The summed E-state index contributed by atoms with van der Waals surface area (Å²) >= 11 is 0. The molecular weight excluding hydrogens is 455 g/mol. The number of carbonyl (C=O) groups excluding carboxylic acids is 1. The molecule has 5 nitrogen and oxygen atoms in total. The van der Waals surface area contributed by atoms with Crippen molar-refractivity contribution in [2.75, 3.05) is 23.3 Å². The predicted molar refractivity (Wildman–Crippen MR) is 117 cm³/mol. The van der Waals surface area contributed by atoms with Crippen molar-refractivity contribution >= 4 is 17.3 Å². The standard InChI is InChI=1S/C24H21F5N4O/c1-14-2-3-15(23(34)32-19-8-18(10-31-11-19)24(27,28)29)7-21(14)16-4-5-33(13-16)20-6-17(22(25)26)9-30-12-20/h2-3,6-12,16,22H,4-5,13H2,1H3,(H,32,34). The minimum absolute atomic E-state index is 0.0539. The first-order valence-electron chi connectivity index (χ1n) is 10.5. The van der Waals surface area contributed by atoms with Crippen molar-refractivity contribution in [1.29, 1.82) is 0 Å². The van der Waals surface area contributed by atoms with E-state index in [-0.39, 0.29) is 17.2 Å². The molecule has 1 amide bonds. The fraction of sp³-hybridized carbons (Fsp3) is 0.292. The van der Waals surface area contributed by atoms with Gasteiger partial charge in [0.15, 0.2) is 0 Å². The third-order valence-electron chi connectivity index (χ3n) is 5.86. The zero-order chi connectivity index (χ0) is 24.5. The molecule has 1 unspecified atom stereocenters. The fourth-order valence-electron chi connectivity index (χ4n) is 4.07. The zero-order valence-electron chi connectivity index (χ0n) is 18.1. The summed E-state index contributed by atoms with van der Waals surface area (Å²) in [4.78, 5) is 22.2. The number of hydrogen-bond donors (Lipinski definition) is 1. The summed E-state index contributed by atoms with van der Waals surface area (Å²) in [7, 11) is 0. The maximum atomic E-state index is 13.0. The van der Waals surface area contributed by atoms with Gasteiger partial charge in [0.1, 0.15) is 0 Å². The maximum absolute atomic E-state index is 13.0. The molecule has 3 aromatic rings. The number of halogens is 5. The van der Waals surface area contributed by atoms with Crippen molar-refractivity contribution < 1.29 is 26.7 Å². The maximum Gasteiger partial charge on any atom is 0.417 e. The van der Waals surface area contributed by atoms with Crippen molar-refractivity contribution in [3.63, 3.8) is 0 Å². The summed E-state index contributed by atoms with van der Waals surface area (Å²) in [6.45, 7) is 3.12. The number of anilines is 2. The molecule has 0 spiro atoms. The van der Waals surface area contributed by atoms with Crippen LogP contribution >= 0.6 is 0 Å². The highest BCUT2D eigenvalue weighted by Gasteiger charge is 2.31. The van der Waals surface area contributed by atoms with E-state index in [2.05, 4.69) is 15.3 Å². The minimum Gasteiger partial charge on any atom is -0.370 e. The van der Waals surface area contributed by atoms with Crippen LogP contribution in [0.25, 0.3) is 0 Å². The molecule has 1 atom stereocenters. The van der Waals surface area contributed by atoms with E-state index >= 15 is 0 Å². The molecule has 1 aromatic carbocycles. The summed E-state index contributed by atoms with van der Waals surface area (Å²) in [6, 6.07) is 7.39. The number of carbonyl (C=O) groups is 1. The molecule has 0 radical (unpaired) electrons. The van der Waals surface area contributed by atoms with Gasteiger partial charge in [-0.1, -0.05) is 6.07 Å². The summed E-state index contributed by atoms with van der Waals surface area (Å²) < 4.78 is 64.8. The topological polar surface area (TPSA) is 58.1 Å². The van der Waals surface area contributed by atoms with Crippen LogP contribution in [0.1, 0.15) is 51.4 Å². The molecule has 178 valence electrons. The third kappa shape index (κ3) is 5.16. The van der Waals surface area contributed by atoms with Gasteiger partial charge in [-0.25, -0.2) is 8.78 Å². The first kappa shape index (κ1) is 23.6. The van der Waals surface area contributed by atoms with E-state index in [1.54, 1.807) is 24.4 Å². The van der Waals surface area contributed by atoms with E-state index in [0.29, 0.717) is 30.5 Å². The molecule has 3 heterocycles. The van der Waals surface area contributed by atoms with Gasteiger partial charge in [0, 0.05) is 42.5 Å². The van der Waals surface area contributed by atoms with Crippen LogP contribution in [0.15, 0.2) is 55.1 Å². The monoisotopic (exact) mass is 476 g/mol. The molecule has 34 heavy (non-hydrogen) atoms. The van der Waals surface area contributed by atoms with E-state index in [0.717, 1.165) is 36.0 Å². The smallest absolute Gasteiger partial charge is 0.370 e. The van der Waals surface area contributed by atoms with Gasteiger partial charge in [-0.2, -0.15) is 13.2 Å². The highest BCUT2D eigenvalue weighted by atomic mass is 19.4. The molecule has 0 bridgehead atoms. The lowest BCUT2D eigenvalue weighted by molar-refractivity contribution is -0.137. The molecular formula is C24H21F5N4O. The normalized spacial score (nSPS) is 16.2. The molecule has 1 saturated heterocycles. The SMILES string of the molecule is Cc1ccc(C(=O)Nc2cncc(C(F)(F)F)c2)cc1C1CCN(c2cncc(C(F)F)c2)C1. The van der Waals surface area contributed by atoms with E-state index in [9.17, 15) is 26.7 Å². The molecule has 1 aliphatic rings. The van der Waals surface area contributed by atoms with Crippen LogP contribution < -0.4 is 10.2 Å². The van der Waals surface area contributed by atoms with E-state index in [1.165, 1.54) is 6.07 Å². The van der Waals surface area contributed by atoms with Gasteiger partial charge in [-0.3, -0.25) is 14.8 Å². The minimum atomic E-state index is -4.57. The van der Waals surface area contributed by atoms with Crippen molar-refractivity contribution in [2.24, 2.45) is 0 Å². The van der Waals surface area contributed by atoms with Gasteiger partial charge in [-0.05, 0) is 48.7 Å². The Kier molecular flexibility index (Phi) is 6.49. The Hall–Kier alpha value is -3.56. The van der Waals surface area contributed by atoms with E-state index in [4.69, 9.17) is 0 Å². The number of amides is 1. The van der Waals surface area contributed by atoms with Crippen LogP contribution in [0.4, 0.5) is 33.3 Å². The average molecular weight is 476 g/mol. The summed E-state index contributed by atoms with van der Waals surface area (Å²) in [5.41, 5.74) is 1.66. The molecule has 1 fully saturated rings. The Labute approximate surface area is 192 Å². The van der Waals surface area contributed by atoms with Crippen LogP contribution in [-0.2, 0) is 6.18 Å². The van der Waals surface area contributed by atoms with Crippen LogP contribution in [-0.4, -0.2) is 29.0 Å². The van der Waals surface area contributed by atoms with Crippen LogP contribution in [0.2, 0.25) is 0 Å². The number of rotatable bonds is 5. The number of aryl methyl sites for hydroxylation is 1. The van der Waals surface area contributed by atoms with Crippen molar-refractivity contribution in [3.05, 3.63) is 82.9 Å². The highest BCUT2D eigenvalue weighted by Crippen LogP contribution is 2.34. The number of nitrogens with one attached hydrogen (secondary N) is 1. The highest BCUT2D eigenvalue weighted by molar-refractivity contribution is 6.04. The van der Waals surface area contributed by atoms with Gasteiger partial charge in [0.05, 0.1) is 29.3 Å². The Morgan fingerprint density at radius 1 is 1.09 bits per heavy atom. The number of alkyl halides is 5. The number of hydrogen-bond acceptors (Lipinski definition) is 4. The molecule has 1 aliphatic heterocycles. The average Bonchev–Trinajstić information content (AvgIpc) is 3.29. The van der Waals surface area contributed by atoms with Crippen LogP contribution in [0.3, 0.4) is 0 Å².